The number of hydrogen-bond donors (Lipinski definition) is 2. The molecule has 0 saturated carbocycles. The van der Waals surface area contributed by atoms with Gasteiger partial charge in [0.15, 0.2) is 0 Å². The summed E-state index contributed by atoms with van der Waals surface area (Å²) in [6.45, 7) is 6.48. The molecule has 0 aliphatic carbocycles. The monoisotopic (exact) mass is 491 g/mol. The van der Waals surface area contributed by atoms with Crippen molar-refractivity contribution in [3.63, 3.8) is 0 Å². The first-order valence-electron chi connectivity index (χ1n) is 11.6. The summed E-state index contributed by atoms with van der Waals surface area (Å²) in [7, 11) is 0. The summed E-state index contributed by atoms with van der Waals surface area (Å²) in [6, 6.07) is 17.0. The first-order chi connectivity index (χ1) is 17.2. The van der Waals surface area contributed by atoms with Crippen LogP contribution < -0.4 is 20.9 Å². The molecule has 0 aliphatic rings. The fourth-order valence-corrected chi connectivity index (χ4v) is 3.59. The fourth-order valence-electron chi connectivity index (χ4n) is 3.59. The molecule has 0 aliphatic heterocycles. The summed E-state index contributed by atoms with van der Waals surface area (Å²) in [4.78, 5) is 29.3. The minimum Gasteiger partial charge on any atom is -0.493 e. The molecule has 0 saturated heterocycles. The molecule has 0 fully saturated rings. The van der Waals surface area contributed by atoms with Gasteiger partial charge in [-0.25, -0.2) is 14.6 Å². The van der Waals surface area contributed by atoms with Gasteiger partial charge in [-0.05, 0) is 79.9 Å². The average Bonchev–Trinajstić information content (AvgIpc) is 3.14. The predicted molar refractivity (Wildman–Crippen MR) is 134 cm³/mol. The maximum atomic E-state index is 11.6. The Bertz CT molecular complexity index is 1430. The molecule has 4 rings (SSSR count). The molecule has 2 aromatic heterocycles. The number of aromatic amines is 1. The number of rotatable bonds is 10. The number of benzene rings is 2. The molecular formula is C27H29N3O6. The van der Waals surface area contributed by atoms with E-state index in [1.807, 2.05) is 37.3 Å². The van der Waals surface area contributed by atoms with E-state index in [-0.39, 0.29) is 6.54 Å². The first-order valence-corrected chi connectivity index (χ1v) is 11.6. The van der Waals surface area contributed by atoms with Crippen molar-refractivity contribution in [1.29, 1.82) is 0 Å². The van der Waals surface area contributed by atoms with Crippen LogP contribution in [0.25, 0.3) is 11.3 Å². The van der Waals surface area contributed by atoms with Crippen LogP contribution in [0, 0.1) is 6.92 Å². The number of H-pyrrole nitrogens is 1. The Morgan fingerprint density at radius 2 is 1.75 bits per heavy atom. The van der Waals surface area contributed by atoms with Crippen LogP contribution in [0.15, 0.2) is 74.9 Å². The number of aromatic nitrogens is 3. The van der Waals surface area contributed by atoms with Gasteiger partial charge in [0.25, 0.3) is 0 Å². The largest absolute Gasteiger partial charge is 0.493 e. The van der Waals surface area contributed by atoms with Crippen molar-refractivity contribution in [3.8, 4) is 22.8 Å². The minimum absolute atomic E-state index is 0.147. The number of aryl methyl sites for hydroxylation is 1. The zero-order valence-electron chi connectivity index (χ0n) is 20.5. The van der Waals surface area contributed by atoms with E-state index >= 15 is 0 Å². The van der Waals surface area contributed by atoms with Crippen molar-refractivity contribution in [3.05, 3.63) is 98.5 Å². The summed E-state index contributed by atoms with van der Waals surface area (Å²) < 4.78 is 17.4. The smallest absolute Gasteiger partial charge is 0.440 e. The highest BCUT2D eigenvalue weighted by molar-refractivity contribution is 5.65. The zero-order valence-corrected chi connectivity index (χ0v) is 20.5. The topological polar surface area (TPSA) is 120 Å². The molecule has 0 atom stereocenters. The number of nitrogens with zero attached hydrogens (tertiary/aromatic N) is 2. The molecule has 36 heavy (non-hydrogen) atoms. The van der Waals surface area contributed by atoms with Crippen molar-refractivity contribution in [2.24, 2.45) is 0 Å². The van der Waals surface area contributed by atoms with E-state index in [4.69, 9.17) is 14.0 Å². The van der Waals surface area contributed by atoms with Crippen molar-refractivity contribution in [2.45, 2.75) is 45.9 Å². The molecule has 0 radical (unpaired) electrons. The highest BCUT2D eigenvalue weighted by Crippen LogP contribution is 2.27. The van der Waals surface area contributed by atoms with Gasteiger partial charge in [0.05, 0.1) is 24.4 Å². The standard InChI is InChI=1S/C27H29N3O6/c1-18-14-22(34-13-11-27(2,3)33)8-9-23(18)24-15-20(10-12-28-24)17-35-21-6-4-19(5-7-21)16-30-25(31)29-26(32)36-30/h4-10,12,14-15,33H,11,13,16-17H2,1-3H3,(H,29,31,32). The van der Waals surface area contributed by atoms with E-state index in [2.05, 4.69) is 9.97 Å². The van der Waals surface area contributed by atoms with E-state index in [9.17, 15) is 14.7 Å². The maximum Gasteiger partial charge on any atom is 0.440 e. The lowest BCUT2D eigenvalue weighted by Gasteiger charge is -2.17. The molecule has 0 amide bonds. The maximum absolute atomic E-state index is 11.6. The van der Waals surface area contributed by atoms with E-state index in [0.29, 0.717) is 25.4 Å². The Labute approximate surface area is 207 Å². The normalized spacial score (nSPS) is 11.4. The van der Waals surface area contributed by atoms with Gasteiger partial charge < -0.3 is 19.1 Å². The first kappa shape index (κ1) is 25.0. The zero-order chi connectivity index (χ0) is 25.7. The molecule has 9 heteroatoms. The third kappa shape index (κ3) is 6.73. The summed E-state index contributed by atoms with van der Waals surface area (Å²) in [5.41, 5.74) is 3.29. The highest BCUT2D eigenvalue weighted by atomic mass is 16.5. The molecule has 2 N–H and O–H groups in total. The Morgan fingerprint density at radius 3 is 2.42 bits per heavy atom. The van der Waals surface area contributed by atoms with E-state index in [0.717, 1.165) is 38.4 Å². The lowest BCUT2D eigenvalue weighted by Crippen LogP contribution is -2.21. The van der Waals surface area contributed by atoms with Crippen LogP contribution in [-0.4, -0.2) is 32.0 Å². The molecule has 0 bridgehead atoms. The van der Waals surface area contributed by atoms with Gasteiger partial charge in [0.2, 0.25) is 0 Å². The Kier molecular flexibility index (Phi) is 7.40. The van der Waals surface area contributed by atoms with Crippen molar-refractivity contribution in [1.82, 2.24) is 14.7 Å². The van der Waals surface area contributed by atoms with E-state index in [1.165, 1.54) is 0 Å². The molecule has 4 aromatic rings. The molecule has 188 valence electrons. The van der Waals surface area contributed by atoms with Gasteiger partial charge in [0.1, 0.15) is 18.1 Å². The number of hydrogen-bond acceptors (Lipinski definition) is 7. The van der Waals surface area contributed by atoms with Crippen LogP contribution in [0.3, 0.4) is 0 Å². The molecule has 0 spiro atoms. The lowest BCUT2D eigenvalue weighted by atomic mass is 10.0. The summed E-state index contributed by atoms with van der Waals surface area (Å²) in [5, 5.41) is 9.84. The number of pyridine rings is 1. The summed E-state index contributed by atoms with van der Waals surface area (Å²) in [5.74, 6) is 0.647. The highest BCUT2D eigenvalue weighted by Gasteiger charge is 2.13. The number of aliphatic hydroxyl groups is 1. The third-order valence-corrected chi connectivity index (χ3v) is 5.56. The Balaban J connectivity index is 1.37. The molecule has 9 nitrogen and oxygen atoms in total. The minimum atomic E-state index is -0.779. The van der Waals surface area contributed by atoms with Gasteiger partial charge in [0, 0.05) is 18.2 Å². The summed E-state index contributed by atoms with van der Waals surface area (Å²) >= 11 is 0. The van der Waals surface area contributed by atoms with Crippen LogP contribution >= 0.6 is 0 Å². The van der Waals surface area contributed by atoms with Crippen molar-refractivity contribution in [2.75, 3.05) is 6.61 Å². The molecule has 2 heterocycles. The lowest BCUT2D eigenvalue weighted by molar-refractivity contribution is 0.0553. The van der Waals surface area contributed by atoms with Crippen LogP contribution in [-0.2, 0) is 13.2 Å². The fraction of sp³-hybridized carbons (Fsp3) is 0.296. The molecule has 2 aromatic carbocycles. The average molecular weight is 492 g/mol. The van der Waals surface area contributed by atoms with E-state index in [1.54, 1.807) is 44.3 Å². The quantitative estimate of drug-likeness (QED) is 0.347. The number of nitrogens with one attached hydrogen (secondary N) is 1. The van der Waals surface area contributed by atoms with Crippen molar-refractivity contribution >= 4 is 0 Å². The Morgan fingerprint density at radius 1 is 1.00 bits per heavy atom. The number of ether oxygens (including phenoxy) is 2. The predicted octanol–water partition coefficient (Wildman–Crippen LogP) is 3.67. The van der Waals surface area contributed by atoms with E-state index < -0.39 is 17.0 Å². The molecule has 0 unspecified atom stereocenters. The van der Waals surface area contributed by atoms with Gasteiger partial charge in [-0.3, -0.25) is 4.98 Å². The summed E-state index contributed by atoms with van der Waals surface area (Å²) in [6.07, 6.45) is 2.30. The van der Waals surface area contributed by atoms with Gasteiger partial charge in [-0.2, -0.15) is 0 Å². The third-order valence-electron chi connectivity index (χ3n) is 5.56. The van der Waals surface area contributed by atoms with Crippen LogP contribution in [0.2, 0.25) is 0 Å². The van der Waals surface area contributed by atoms with Crippen LogP contribution in [0.1, 0.15) is 37.0 Å². The molecular weight excluding hydrogens is 462 g/mol. The van der Waals surface area contributed by atoms with Crippen LogP contribution in [0.5, 0.6) is 11.5 Å². The second kappa shape index (κ2) is 10.7. The second-order valence-electron chi connectivity index (χ2n) is 9.22. The van der Waals surface area contributed by atoms with Gasteiger partial charge in [-0.1, -0.05) is 12.1 Å². The van der Waals surface area contributed by atoms with Crippen LogP contribution in [0.4, 0.5) is 0 Å². The second-order valence-corrected chi connectivity index (χ2v) is 9.22. The van der Waals surface area contributed by atoms with Gasteiger partial charge in [-0.15, -0.1) is 4.74 Å². The Hall–Kier alpha value is -4.11. The van der Waals surface area contributed by atoms with Gasteiger partial charge >= 0.3 is 11.4 Å². The van der Waals surface area contributed by atoms with Crippen molar-refractivity contribution < 1.29 is 19.1 Å². The SMILES string of the molecule is Cc1cc(OCCC(C)(C)O)ccc1-c1cc(COc2ccc(Cn3oc(=O)[nH]c3=O)cc2)ccn1.